The van der Waals surface area contributed by atoms with Crippen LogP contribution in [0.5, 0.6) is 0 Å². The Balaban J connectivity index is 2.20. The molecule has 0 spiro atoms. The van der Waals surface area contributed by atoms with Gasteiger partial charge in [0.15, 0.2) is 6.29 Å². The van der Waals surface area contributed by atoms with Crippen LogP contribution in [0.2, 0.25) is 5.02 Å². The van der Waals surface area contributed by atoms with Crippen molar-refractivity contribution in [3.8, 4) is 0 Å². The number of hydrogen-bond donors (Lipinski definition) is 1. The third-order valence-electron chi connectivity index (χ3n) is 2.48. The van der Waals surface area contributed by atoms with E-state index in [0.29, 0.717) is 13.2 Å². The van der Waals surface area contributed by atoms with E-state index in [1.165, 1.54) is 5.56 Å². The standard InChI is InChI=1S/C14H22ClNO2/c1-3-17-14(18-4-2)8-9-16-11-12-6-5-7-13(15)10-12/h5-7,10,14,16H,3-4,8-9,11H2,1-2H3. The summed E-state index contributed by atoms with van der Waals surface area (Å²) >= 11 is 5.92. The maximum Gasteiger partial charge on any atom is 0.158 e. The minimum absolute atomic E-state index is 0.105. The Morgan fingerprint density at radius 1 is 1.22 bits per heavy atom. The highest BCUT2D eigenvalue weighted by molar-refractivity contribution is 6.30. The molecule has 0 saturated carbocycles. The third-order valence-corrected chi connectivity index (χ3v) is 2.72. The molecule has 3 nitrogen and oxygen atoms in total. The molecule has 0 fully saturated rings. The van der Waals surface area contributed by atoms with Crippen LogP contribution in [0.4, 0.5) is 0 Å². The second-order valence-corrected chi connectivity index (χ2v) is 4.37. The summed E-state index contributed by atoms with van der Waals surface area (Å²) in [5.41, 5.74) is 1.19. The van der Waals surface area contributed by atoms with Crippen molar-refractivity contribution in [2.24, 2.45) is 0 Å². The lowest BCUT2D eigenvalue weighted by molar-refractivity contribution is -0.138. The molecule has 1 aromatic rings. The van der Waals surface area contributed by atoms with Gasteiger partial charge in [-0.2, -0.15) is 0 Å². The normalized spacial score (nSPS) is 11.1. The van der Waals surface area contributed by atoms with E-state index in [-0.39, 0.29) is 6.29 Å². The lowest BCUT2D eigenvalue weighted by Gasteiger charge is -2.17. The van der Waals surface area contributed by atoms with Crippen LogP contribution >= 0.6 is 11.6 Å². The molecule has 1 N–H and O–H groups in total. The fourth-order valence-corrected chi connectivity index (χ4v) is 1.90. The lowest BCUT2D eigenvalue weighted by atomic mass is 10.2. The molecule has 0 atom stereocenters. The van der Waals surface area contributed by atoms with Crippen molar-refractivity contribution in [3.63, 3.8) is 0 Å². The maximum absolute atomic E-state index is 5.92. The molecule has 102 valence electrons. The summed E-state index contributed by atoms with van der Waals surface area (Å²) in [6.45, 7) is 6.98. The van der Waals surface area contributed by atoms with Gasteiger partial charge in [-0.15, -0.1) is 0 Å². The summed E-state index contributed by atoms with van der Waals surface area (Å²) in [6.07, 6.45) is 0.745. The van der Waals surface area contributed by atoms with Crippen LogP contribution in [0.25, 0.3) is 0 Å². The molecule has 4 heteroatoms. The number of halogens is 1. The first-order valence-corrected chi connectivity index (χ1v) is 6.82. The number of rotatable bonds is 9. The Kier molecular flexibility index (Phi) is 8.01. The van der Waals surface area contributed by atoms with E-state index in [2.05, 4.69) is 11.4 Å². The monoisotopic (exact) mass is 271 g/mol. The average Bonchev–Trinajstić information content (AvgIpc) is 2.35. The summed E-state index contributed by atoms with van der Waals surface area (Å²) in [6, 6.07) is 7.87. The fraction of sp³-hybridized carbons (Fsp3) is 0.571. The predicted octanol–water partition coefficient (Wildman–Crippen LogP) is 3.22. The van der Waals surface area contributed by atoms with Gasteiger partial charge < -0.3 is 14.8 Å². The molecule has 0 saturated heterocycles. The van der Waals surface area contributed by atoms with Crippen LogP contribution in [0.1, 0.15) is 25.8 Å². The van der Waals surface area contributed by atoms with Gasteiger partial charge in [0.05, 0.1) is 0 Å². The summed E-state index contributed by atoms with van der Waals surface area (Å²) in [7, 11) is 0. The molecule has 0 aromatic heterocycles. The van der Waals surface area contributed by atoms with Crippen LogP contribution in [0, 0.1) is 0 Å². The van der Waals surface area contributed by atoms with Gasteiger partial charge in [-0.05, 0) is 31.5 Å². The number of hydrogen-bond acceptors (Lipinski definition) is 3. The Morgan fingerprint density at radius 2 is 1.94 bits per heavy atom. The first-order chi connectivity index (χ1) is 8.76. The summed E-state index contributed by atoms with van der Waals surface area (Å²) in [5.74, 6) is 0. The van der Waals surface area contributed by atoms with Crippen LogP contribution in [-0.4, -0.2) is 26.0 Å². The molecule has 1 rings (SSSR count). The average molecular weight is 272 g/mol. The van der Waals surface area contributed by atoms with Gasteiger partial charge in [-0.3, -0.25) is 0 Å². The van der Waals surface area contributed by atoms with Crippen molar-refractivity contribution in [2.45, 2.75) is 33.1 Å². The Labute approximate surface area is 114 Å². The molecule has 0 aliphatic carbocycles. The summed E-state index contributed by atoms with van der Waals surface area (Å²) in [4.78, 5) is 0. The van der Waals surface area contributed by atoms with Crippen LogP contribution < -0.4 is 5.32 Å². The van der Waals surface area contributed by atoms with E-state index in [9.17, 15) is 0 Å². The summed E-state index contributed by atoms with van der Waals surface area (Å²) in [5, 5.41) is 4.13. The van der Waals surface area contributed by atoms with Gasteiger partial charge in [0.2, 0.25) is 0 Å². The molecule has 0 radical (unpaired) electrons. The van der Waals surface area contributed by atoms with E-state index < -0.39 is 0 Å². The van der Waals surface area contributed by atoms with Gasteiger partial charge >= 0.3 is 0 Å². The topological polar surface area (TPSA) is 30.5 Å². The Bertz CT molecular complexity index is 327. The van der Waals surface area contributed by atoms with Gasteiger partial charge in [-0.25, -0.2) is 0 Å². The van der Waals surface area contributed by atoms with Crippen molar-refractivity contribution in [3.05, 3.63) is 34.9 Å². The smallest absolute Gasteiger partial charge is 0.158 e. The van der Waals surface area contributed by atoms with E-state index in [1.54, 1.807) is 0 Å². The number of benzene rings is 1. The van der Waals surface area contributed by atoms with Gasteiger partial charge in [0, 0.05) is 37.7 Å². The van der Waals surface area contributed by atoms with Crippen molar-refractivity contribution in [1.29, 1.82) is 0 Å². The molecule has 18 heavy (non-hydrogen) atoms. The zero-order valence-corrected chi connectivity index (χ0v) is 11.9. The van der Waals surface area contributed by atoms with Crippen LogP contribution in [0.3, 0.4) is 0 Å². The van der Waals surface area contributed by atoms with E-state index in [4.69, 9.17) is 21.1 Å². The fourth-order valence-electron chi connectivity index (χ4n) is 1.69. The van der Waals surface area contributed by atoms with E-state index >= 15 is 0 Å². The molecular weight excluding hydrogens is 250 g/mol. The highest BCUT2D eigenvalue weighted by Gasteiger charge is 2.06. The minimum Gasteiger partial charge on any atom is -0.353 e. The SMILES string of the molecule is CCOC(CCNCc1cccc(Cl)c1)OCC. The third kappa shape index (κ3) is 6.36. The quantitative estimate of drug-likeness (QED) is 0.553. The molecule has 0 amide bonds. The highest BCUT2D eigenvalue weighted by atomic mass is 35.5. The Morgan fingerprint density at radius 3 is 2.56 bits per heavy atom. The zero-order valence-electron chi connectivity index (χ0n) is 11.1. The number of ether oxygens (including phenoxy) is 2. The first-order valence-electron chi connectivity index (χ1n) is 6.44. The van der Waals surface area contributed by atoms with Crippen molar-refractivity contribution in [1.82, 2.24) is 5.32 Å². The maximum atomic E-state index is 5.92. The number of nitrogens with one attached hydrogen (secondary N) is 1. The first kappa shape index (κ1) is 15.4. The van der Waals surface area contributed by atoms with Crippen molar-refractivity contribution in [2.75, 3.05) is 19.8 Å². The van der Waals surface area contributed by atoms with Gasteiger partial charge in [0.25, 0.3) is 0 Å². The van der Waals surface area contributed by atoms with E-state index in [1.807, 2.05) is 32.0 Å². The molecule has 0 bridgehead atoms. The molecule has 0 aliphatic heterocycles. The van der Waals surface area contributed by atoms with Crippen LogP contribution in [-0.2, 0) is 16.0 Å². The highest BCUT2D eigenvalue weighted by Crippen LogP contribution is 2.10. The van der Waals surface area contributed by atoms with Crippen molar-refractivity contribution < 1.29 is 9.47 Å². The molecule has 0 unspecified atom stereocenters. The van der Waals surface area contributed by atoms with Gasteiger partial charge in [0.1, 0.15) is 0 Å². The molecular formula is C14H22ClNO2. The Hall–Kier alpha value is -0.610. The zero-order chi connectivity index (χ0) is 13.2. The predicted molar refractivity (Wildman–Crippen MR) is 74.8 cm³/mol. The summed E-state index contributed by atoms with van der Waals surface area (Å²) < 4.78 is 10.9. The minimum atomic E-state index is -0.105. The second-order valence-electron chi connectivity index (χ2n) is 3.94. The van der Waals surface area contributed by atoms with Crippen molar-refractivity contribution >= 4 is 11.6 Å². The van der Waals surface area contributed by atoms with Gasteiger partial charge in [-0.1, -0.05) is 23.7 Å². The van der Waals surface area contributed by atoms with Crippen LogP contribution in [0.15, 0.2) is 24.3 Å². The molecule has 0 aliphatic rings. The molecule has 0 heterocycles. The largest absolute Gasteiger partial charge is 0.353 e. The molecule has 1 aromatic carbocycles. The lowest BCUT2D eigenvalue weighted by Crippen LogP contribution is -2.24. The second kappa shape index (κ2) is 9.34. The van der Waals surface area contributed by atoms with E-state index in [0.717, 1.165) is 24.5 Å².